The number of carboxylic acid groups (broad SMARTS) is 1. The molecule has 0 amide bonds. The fraction of sp³-hybridized carbons (Fsp3) is 0.333. The van der Waals surface area contributed by atoms with Crippen molar-refractivity contribution in [3.8, 4) is 0 Å². The normalized spacial score (nSPS) is 10.6. The standard InChI is InChI=1S/C15H17NO5/c1-3-4-12-11(14(17)18)7-8-16(12)9-10-5-6-13(21-10)15(19)20-2/h5-8H,3-4,9H2,1-2H3,(H,17,18). The zero-order valence-corrected chi connectivity index (χ0v) is 12.0. The summed E-state index contributed by atoms with van der Waals surface area (Å²) in [5.41, 5.74) is 1.05. The van der Waals surface area contributed by atoms with Gasteiger partial charge in [0.15, 0.2) is 0 Å². The molecule has 0 saturated carbocycles. The van der Waals surface area contributed by atoms with Crippen LogP contribution in [0.3, 0.4) is 0 Å². The molecule has 2 rings (SSSR count). The van der Waals surface area contributed by atoms with E-state index in [4.69, 9.17) is 4.42 Å². The second kappa shape index (κ2) is 6.30. The van der Waals surface area contributed by atoms with Crippen LogP contribution in [0.2, 0.25) is 0 Å². The van der Waals surface area contributed by atoms with Crippen molar-refractivity contribution in [2.24, 2.45) is 0 Å². The molecule has 2 aromatic heterocycles. The van der Waals surface area contributed by atoms with Gasteiger partial charge in [-0.05, 0) is 24.6 Å². The zero-order chi connectivity index (χ0) is 15.4. The van der Waals surface area contributed by atoms with Gasteiger partial charge in [-0.1, -0.05) is 13.3 Å². The van der Waals surface area contributed by atoms with Crippen molar-refractivity contribution < 1.29 is 23.8 Å². The lowest BCUT2D eigenvalue weighted by Crippen LogP contribution is -2.07. The minimum atomic E-state index is -0.938. The molecule has 0 aliphatic heterocycles. The van der Waals surface area contributed by atoms with Crippen LogP contribution >= 0.6 is 0 Å². The van der Waals surface area contributed by atoms with Crippen LogP contribution in [0, 0.1) is 0 Å². The lowest BCUT2D eigenvalue weighted by Gasteiger charge is -2.08. The summed E-state index contributed by atoms with van der Waals surface area (Å²) in [4.78, 5) is 22.5. The van der Waals surface area contributed by atoms with E-state index in [1.165, 1.54) is 7.11 Å². The van der Waals surface area contributed by atoms with Crippen molar-refractivity contribution in [2.75, 3.05) is 7.11 Å². The van der Waals surface area contributed by atoms with Gasteiger partial charge in [0, 0.05) is 11.9 Å². The molecule has 112 valence electrons. The van der Waals surface area contributed by atoms with Gasteiger partial charge in [-0.25, -0.2) is 9.59 Å². The molecule has 0 radical (unpaired) electrons. The number of furan rings is 1. The Kier molecular flexibility index (Phi) is 4.47. The van der Waals surface area contributed by atoms with Crippen LogP contribution in [0.1, 0.15) is 45.7 Å². The summed E-state index contributed by atoms with van der Waals surface area (Å²) < 4.78 is 11.8. The lowest BCUT2D eigenvalue weighted by molar-refractivity contribution is 0.0562. The first kappa shape index (κ1) is 14.9. The van der Waals surface area contributed by atoms with Crippen molar-refractivity contribution >= 4 is 11.9 Å². The Bertz CT molecular complexity index is 653. The van der Waals surface area contributed by atoms with Gasteiger partial charge < -0.3 is 18.8 Å². The highest BCUT2D eigenvalue weighted by Crippen LogP contribution is 2.17. The van der Waals surface area contributed by atoms with E-state index in [9.17, 15) is 14.7 Å². The van der Waals surface area contributed by atoms with Gasteiger partial charge in [0.2, 0.25) is 5.76 Å². The van der Waals surface area contributed by atoms with Gasteiger partial charge in [-0.15, -0.1) is 0 Å². The summed E-state index contributed by atoms with van der Waals surface area (Å²) in [6, 6.07) is 4.81. The Morgan fingerprint density at radius 3 is 2.71 bits per heavy atom. The average Bonchev–Trinajstić information content (AvgIpc) is 3.07. The highest BCUT2D eigenvalue weighted by molar-refractivity contribution is 5.89. The first-order valence-electron chi connectivity index (χ1n) is 6.65. The van der Waals surface area contributed by atoms with Gasteiger partial charge >= 0.3 is 11.9 Å². The van der Waals surface area contributed by atoms with Gasteiger partial charge in [-0.3, -0.25) is 0 Å². The van der Waals surface area contributed by atoms with Crippen LogP contribution in [-0.4, -0.2) is 28.7 Å². The topological polar surface area (TPSA) is 81.7 Å². The largest absolute Gasteiger partial charge is 0.478 e. The summed E-state index contributed by atoms with van der Waals surface area (Å²) >= 11 is 0. The molecule has 2 aromatic rings. The fourth-order valence-corrected chi connectivity index (χ4v) is 2.20. The molecule has 6 heteroatoms. The number of hydrogen-bond acceptors (Lipinski definition) is 4. The van der Waals surface area contributed by atoms with Gasteiger partial charge in [0.05, 0.1) is 19.2 Å². The molecule has 0 atom stereocenters. The van der Waals surface area contributed by atoms with Crippen LogP contribution in [0.15, 0.2) is 28.8 Å². The van der Waals surface area contributed by atoms with E-state index in [0.717, 1.165) is 12.1 Å². The first-order chi connectivity index (χ1) is 10.1. The molecule has 0 aromatic carbocycles. The minimum Gasteiger partial charge on any atom is -0.478 e. The third kappa shape index (κ3) is 3.16. The number of hydrogen-bond donors (Lipinski definition) is 1. The number of esters is 1. The number of ether oxygens (including phenoxy) is 1. The molecular weight excluding hydrogens is 274 g/mol. The molecule has 21 heavy (non-hydrogen) atoms. The summed E-state index contributed by atoms with van der Waals surface area (Å²) in [7, 11) is 1.29. The van der Waals surface area contributed by atoms with Crippen LogP contribution < -0.4 is 0 Å². The number of aromatic nitrogens is 1. The molecule has 0 spiro atoms. The van der Waals surface area contributed by atoms with E-state index < -0.39 is 11.9 Å². The Hall–Kier alpha value is -2.50. The first-order valence-corrected chi connectivity index (χ1v) is 6.65. The van der Waals surface area contributed by atoms with Gasteiger partial charge in [0.1, 0.15) is 5.76 Å². The lowest BCUT2D eigenvalue weighted by atomic mass is 10.1. The van der Waals surface area contributed by atoms with Crippen LogP contribution in [0.4, 0.5) is 0 Å². The van der Waals surface area contributed by atoms with Crippen LogP contribution in [-0.2, 0) is 17.7 Å². The summed E-state index contributed by atoms with van der Waals surface area (Å²) in [6.45, 7) is 2.37. The summed E-state index contributed by atoms with van der Waals surface area (Å²) in [5.74, 6) is -0.767. The SMILES string of the molecule is CCCc1c(C(=O)O)ccn1Cc1ccc(C(=O)OC)o1. The zero-order valence-electron chi connectivity index (χ0n) is 12.0. The van der Waals surface area contributed by atoms with Crippen molar-refractivity contribution in [3.05, 3.63) is 47.2 Å². The van der Waals surface area contributed by atoms with Crippen LogP contribution in [0.5, 0.6) is 0 Å². The van der Waals surface area contributed by atoms with Gasteiger partial charge in [0.25, 0.3) is 0 Å². The highest BCUT2D eigenvalue weighted by atomic mass is 16.5. The van der Waals surface area contributed by atoms with E-state index in [0.29, 0.717) is 24.3 Å². The second-order valence-electron chi connectivity index (χ2n) is 4.62. The van der Waals surface area contributed by atoms with Crippen molar-refractivity contribution in [2.45, 2.75) is 26.3 Å². The Morgan fingerprint density at radius 1 is 1.33 bits per heavy atom. The molecule has 0 unspecified atom stereocenters. The Morgan fingerprint density at radius 2 is 2.10 bits per heavy atom. The third-order valence-corrected chi connectivity index (χ3v) is 3.17. The smallest absolute Gasteiger partial charge is 0.373 e. The minimum absolute atomic E-state index is 0.134. The third-order valence-electron chi connectivity index (χ3n) is 3.17. The maximum Gasteiger partial charge on any atom is 0.373 e. The van der Waals surface area contributed by atoms with E-state index in [1.807, 2.05) is 11.5 Å². The average molecular weight is 291 g/mol. The maximum absolute atomic E-state index is 11.3. The molecule has 0 aliphatic carbocycles. The molecule has 2 heterocycles. The van der Waals surface area contributed by atoms with Crippen molar-refractivity contribution in [1.29, 1.82) is 0 Å². The molecule has 1 N–H and O–H groups in total. The molecule has 0 fully saturated rings. The molecule has 6 nitrogen and oxygen atoms in total. The number of carbonyl (C=O) groups excluding carboxylic acids is 1. The molecule has 0 bridgehead atoms. The number of carbonyl (C=O) groups is 2. The highest BCUT2D eigenvalue weighted by Gasteiger charge is 2.16. The number of carboxylic acids is 1. The quantitative estimate of drug-likeness (QED) is 0.827. The number of aromatic carboxylic acids is 1. The predicted molar refractivity (Wildman–Crippen MR) is 74.5 cm³/mol. The van der Waals surface area contributed by atoms with Crippen molar-refractivity contribution in [3.63, 3.8) is 0 Å². The van der Waals surface area contributed by atoms with Crippen LogP contribution in [0.25, 0.3) is 0 Å². The second-order valence-corrected chi connectivity index (χ2v) is 4.62. The van der Waals surface area contributed by atoms with E-state index >= 15 is 0 Å². The predicted octanol–water partition coefficient (Wildman–Crippen LogP) is 2.57. The molecule has 0 aliphatic rings. The fourth-order valence-electron chi connectivity index (χ4n) is 2.20. The monoisotopic (exact) mass is 291 g/mol. The van der Waals surface area contributed by atoms with E-state index in [-0.39, 0.29) is 5.76 Å². The maximum atomic E-state index is 11.3. The number of nitrogens with zero attached hydrogens (tertiary/aromatic N) is 1. The summed E-state index contributed by atoms with van der Waals surface area (Å²) in [5, 5.41) is 9.18. The molecule has 0 saturated heterocycles. The van der Waals surface area contributed by atoms with Crippen molar-refractivity contribution in [1.82, 2.24) is 4.57 Å². The Balaban J connectivity index is 2.25. The molecular formula is C15H17NO5. The number of rotatable bonds is 6. The van der Waals surface area contributed by atoms with E-state index in [1.54, 1.807) is 24.4 Å². The van der Waals surface area contributed by atoms with Gasteiger partial charge in [-0.2, -0.15) is 0 Å². The van der Waals surface area contributed by atoms with E-state index in [2.05, 4.69) is 4.74 Å². The Labute approximate surface area is 121 Å². The number of methoxy groups -OCH3 is 1. The summed E-state index contributed by atoms with van der Waals surface area (Å²) in [6.07, 6.45) is 3.23.